The molecule has 0 amide bonds. The molecule has 1 aromatic carbocycles. The van der Waals surface area contributed by atoms with Crippen molar-refractivity contribution in [3.05, 3.63) is 24.3 Å². The fourth-order valence-corrected chi connectivity index (χ4v) is 2.79. The lowest BCUT2D eigenvalue weighted by molar-refractivity contribution is -0.138. The topological polar surface area (TPSA) is 81.9 Å². The van der Waals surface area contributed by atoms with Gasteiger partial charge in [-0.3, -0.25) is 0 Å². The van der Waals surface area contributed by atoms with Gasteiger partial charge in [0.15, 0.2) is 11.2 Å². The first-order valence-electron chi connectivity index (χ1n) is 5.45. The largest absolute Gasteiger partial charge is 0.506 e. The summed E-state index contributed by atoms with van der Waals surface area (Å²) < 4.78 is -0.501. The van der Waals surface area contributed by atoms with Crippen LogP contribution in [0.3, 0.4) is 0 Å². The predicted octanol–water partition coefficient (Wildman–Crippen LogP) is 2.77. The number of aliphatic carboxylic acids is 1. The third-order valence-corrected chi connectivity index (χ3v) is 3.79. The van der Waals surface area contributed by atoms with Crippen LogP contribution in [0.25, 0.3) is 0 Å². The van der Waals surface area contributed by atoms with Crippen LogP contribution in [0, 0.1) is 0 Å². The maximum atomic E-state index is 11.1. The second-order valence-electron chi connectivity index (χ2n) is 4.52. The fourth-order valence-electron chi connectivity index (χ4n) is 1.71. The van der Waals surface area contributed by atoms with Gasteiger partial charge in [-0.2, -0.15) is 0 Å². The molecule has 1 aliphatic heterocycles. The Kier molecular flexibility index (Phi) is 4.47. The van der Waals surface area contributed by atoms with E-state index >= 15 is 0 Å². The van der Waals surface area contributed by atoms with Gasteiger partial charge in [0.1, 0.15) is 5.75 Å². The zero-order chi connectivity index (χ0) is 13.3. The van der Waals surface area contributed by atoms with E-state index in [9.17, 15) is 9.90 Å². The van der Waals surface area contributed by atoms with Gasteiger partial charge in [0, 0.05) is 0 Å². The summed E-state index contributed by atoms with van der Waals surface area (Å²) in [7, 11) is 0. The van der Waals surface area contributed by atoms with Crippen LogP contribution in [-0.2, 0) is 4.79 Å². The minimum atomic E-state index is -0.943. The average molecular weight is 282 g/mol. The van der Waals surface area contributed by atoms with Crippen LogP contribution in [0.2, 0.25) is 0 Å². The summed E-state index contributed by atoms with van der Waals surface area (Å²) >= 11 is 1.35. The standard InChI is InChI=1S/C12H14N2O3S.CH4/c1-12(2)9(10(16)17)14-11(18-12)13-7-5-3-4-6-8(7)15;/h3-6,9,15H,1-2H3,(H,13,14)(H,16,17);1H4/t9-;/m1./s1. The summed E-state index contributed by atoms with van der Waals surface area (Å²) in [6.07, 6.45) is 0. The maximum absolute atomic E-state index is 11.1. The van der Waals surface area contributed by atoms with Crippen molar-refractivity contribution in [1.82, 2.24) is 0 Å². The summed E-state index contributed by atoms with van der Waals surface area (Å²) in [5, 5.41) is 22.2. The van der Waals surface area contributed by atoms with Crippen LogP contribution in [0.1, 0.15) is 21.3 Å². The molecule has 104 valence electrons. The number of carboxylic acid groups (broad SMARTS) is 1. The number of anilines is 1. The number of phenols is 1. The number of thioether (sulfide) groups is 1. The molecule has 0 fully saturated rings. The Morgan fingerprint density at radius 2 is 2.05 bits per heavy atom. The summed E-state index contributed by atoms with van der Waals surface area (Å²) in [4.78, 5) is 15.2. The van der Waals surface area contributed by atoms with Crippen molar-refractivity contribution in [1.29, 1.82) is 0 Å². The minimum absolute atomic E-state index is 0. The van der Waals surface area contributed by atoms with Crippen molar-refractivity contribution in [2.24, 2.45) is 4.99 Å². The number of amidine groups is 1. The Hall–Kier alpha value is -1.69. The van der Waals surface area contributed by atoms with Crippen molar-refractivity contribution in [3.63, 3.8) is 0 Å². The number of para-hydroxylation sites is 2. The summed E-state index contributed by atoms with van der Waals surface area (Å²) in [5.41, 5.74) is 0.519. The number of carboxylic acids is 1. The van der Waals surface area contributed by atoms with Gasteiger partial charge in [-0.1, -0.05) is 31.3 Å². The number of nitrogens with one attached hydrogen (secondary N) is 1. The van der Waals surface area contributed by atoms with Gasteiger partial charge in [0.25, 0.3) is 0 Å². The second-order valence-corrected chi connectivity index (χ2v) is 6.17. The third-order valence-electron chi connectivity index (χ3n) is 2.64. The van der Waals surface area contributed by atoms with Crippen LogP contribution >= 0.6 is 11.8 Å². The highest BCUT2D eigenvalue weighted by molar-refractivity contribution is 8.15. The maximum Gasteiger partial charge on any atom is 0.329 e. The molecule has 2 rings (SSSR count). The van der Waals surface area contributed by atoms with E-state index in [1.54, 1.807) is 24.3 Å². The molecule has 0 radical (unpaired) electrons. The first kappa shape index (κ1) is 15.4. The van der Waals surface area contributed by atoms with E-state index in [1.165, 1.54) is 11.8 Å². The molecule has 0 saturated heterocycles. The number of carbonyl (C=O) groups is 1. The lowest BCUT2D eigenvalue weighted by atomic mass is 10.0. The molecule has 5 nitrogen and oxygen atoms in total. The number of aromatic hydroxyl groups is 1. The zero-order valence-corrected chi connectivity index (χ0v) is 10.9. The van der Waals surface area contributed by atoms with Crippen molar-refractivity contribution < 1.29 is 15.0 Å². The summed E-state index contributed by atoms with van der Waals surface area (Å²) in [5.74, 6) is -0.834. The molecule has 1 aromatic rings. The Balaban J connectivity index is 0.00000180. The van der Waals surface area contributed by atoms with Crippen LogP contribution in [0.5, 0.6) is 5.75 Å². The van der Waals surface area contributed by atoms with Crippen LogP contribution in [0.15, 0.2) is 29.3 Å². The van der Waals surface area contributed by atoms with Gasteiger partial charge < -0.3 is 15.5 Å². The first-order valence-corrected chi connectivity index (χ1v) is 6.26. The fraction of sp³-hybridized carbons (Fsp3) is 0.385. The number of hydrogen-bond acceptors (Lipinski definition) is 5. The van der Waals surface area contributed by atoms with E-state index in [4.69, 9.17) is 5.11 Å². The van der Waals surface area contributed by atoms with Crippen molar-refractivity contribution in [2.75, 3.05) is 5.32 Å². The van der Waals surface area contributed by atoms with Gasteiger partial charge in [0.2, 0.25) is 0 Å². The molecular weight excluding hydrogens is 264 g/mol. The van der Waals surface area contributed by atoms with Gasteiger partial charge in [-0.15, -0.1) is 0 Å². The van der Waals surface area contributed by atoms with Crippen molar-refractivity contribution in [2.45, 2.75) is 32.1 Å². The number of aliphatic imine (C=N–C) groups is 1. The van der Waals surface area contributed by atoms with Gasteiger partial charge in [0.05, 0.1) is 10.4 Å². The number of nitrogens with zero attached hydrogens (tertiary/aromatic N) is 1. The highest BCUT2D eigenvalue weighted by Gasteiger charge is 2.42. The minimum Gasteiger partial charge on any atom is -0.506 e. The monoisotopic (exact) mass is 282 g/mol. The van der Waals surface area contributed by atoms with Gasteiger partial charge in [-0.05, 0) is 26.0 Å². The van der Waals surface area contributed by atoms with Crippen LogP contribution < -0.4 is 5.32 Å². The normalized spacial score (nSPS) is 20.3. The molecule has 0 bridgehead atoms. The van der Waals surface area contributed by atoms with Crippen LogP contribution in [0.4, 0.5) is 5.69 Å². The van der Waals surface area contributed by atoms with Crippen molar-refractivity contribution >= 4 is 28.6 Å². The number of rotatable bonds is 2. The van der Waals surface area contributed by atoms with E-state index < -0.39 is 16.8 Å². The number of phenolic OH excluding ortho intramolecular Hbond substituents is 1. The molecule has 19 heavy (non-hydrogen) atoms. The quantitative estimate of drug-likeness (QED) is 0.727. The molecule has 0 aliphatic carbocycles. The number of benzene rings is 1. The van der Waals surface area contributed by atoms with Gasteiger partial charge in [-0.25, -0.2) is 9.79 Å². The average Bonchev–Trinajstić information content (AvgIpc) is 2.57. The molecule has 1 aliphatic rings. The van der Waals surface area contributed by atoms with Gasteiger partial charge >= 0.3 is 5.97 Å². The SMILES string of the molecule is C.CC1(C)SC(Nc2ccccc2O)=N[C@@H]1C(=O)O. The summed E-state index contributed by atoms with van der Waals surface area (Å²) in [6, 6.07) is 5.98. The molecule has 3 N–H and O–H groups in total. The lowest BCUT2D eigenvalue weighted by Crippen LogP contribution is -2.34. The highest BCUT2D eigenvalue weighted by atomic mass is 32.2. The molecule has 1 heterocycles. The predicted molar refractivity (Wildman–Crippen MR) is 79.0 cm³/mol. The van der Waals surface area contributed by atoms with Crippen LogP contribution in [-0.4, -0.2) is 32.1 Å². The molecular formula is C13H18N2O3S. The Morgan fingerprint density at radius 3 is 2.58 bits per heavy atom. The molecule has 1 atom stereocenters. The second kappa shape index (κ2) is 5.52. The number of hydrogen-bond donors (Lipinski definition) is 3. The molecule has 6 heteroatoms. The molecule has 0 spiro atoms. The molecule has 0 saturated carbocycles. The molecule has 0 unspecified atom stereocenters. The summed E-state index contributed by atoms with van der Waals surface area (Å²) in [6.45, 7) is 3.67. The Morgan fingerprint density at radius 1 is 1.42 bits per heavy atom. The van der Waals surface area contributed by atoms with E-state index in [-0.39, 0.29) is 13.2 Å². The lowest BCUT2D eigenvalue weighted by Gasteiger charge is -2.20. The highest BCUT2D eigenvalue weighted by Crippen LogP contribution is 2.38. The zero-order valence-electron chi connectivity index (χ0n) is 10.0. The van der Waals surface area contributed by atoms with E-state index in [0.717, 1.165) is 0 Å². The van der Waals surface area contributed by atoms with E-state index in [0.29, 0.717) is 10.9 Å². The smallest absolute Gasteiger partial charge is 0.329 e. The first-order chi connectivity index (χ1) is 8.40. The third kappa shape index (κ3) is 3.20. The molecule has 0 aromatic heterocycles. The van der Waals surface area contributed by atoms with E-state index in [1.807, 2.05) is 13.8 Å². The Labute approximate surface area is 116 Å². The van der Waals surface area contributed by atoms with E-state index in [2.05, 4.69) is 10.3 Å². The van der Waals surface area contributed by atoms with Crippen molar-refractivity contribution in [3.8, 4) is 5.75 Å². The Bertz CT molecular complexity index is 514.